The molecule has 1 unspecified atom stereocenters. The van der Waals surface area contributed by atoms with Crippen LogP contribution in [0, 0.1) is 0 Å². The van der Waals surface area contributed by atoms with Crippen molar-refractivity contribution in [1.82, 2.24) is 40.1 Å². The number of carbonyl (C=O) groups excluding carboxylic acids is 1. The van der Waals surface area contributed by atoms with Crippen molar-refractivity contribution in [3.8, 4) is 11.4 Å². The van der Waals surface area contributed by atoms with Gasteiger partial charge in [-0.05, 0) is 45.6 Å². The number of nitrogens with one attached hydrogen (secondary N) is 1. The first-order valence-electron chi connectivity index (χ1n) is 8.79. The molecule has 4 aromatic rings. The van der Waals surface area contributed by atoms with Gasteiger partial charge in [0.05, 0.1) is 10.5 Å². The number of amides is 1. The molecule has 0 fully saturated rings. The van der Waals surface area contributed by atoms with Crippen LogP contribution in [0.5, 0.6) is 0 Å². The van der Waals surface area contributed by atoms with Gasteiger partial charge in [-0.25, -0.2) is 9.50 Å². The van der Waals surface area contributed by atoms with Crippen LogP contribution in [0.25, 0.3) is 17.0 Å². The Balaban J connectivity index is 1.53. The topological polar surface area (TPSA) is 105 Å². The third kappa shape index (κ3) is 2.68. The fourth-order valence-corrected chi connectivity index (χ4v) is 4.07. The molecule has 1 amide bonds. The molecule has 140 valence electrons. The first kappa shape index (κ1) is 17.0. The number of benzene rings is 1. The molecule has 10 heteroatoms. The second-order valence-electron chi connectivity index (χ2n) is 6.64. The smallest absolute Gasteiger partial charge is 0.274 e. The molecule has 0 saturated heterocycles. The van der Waals surface area contributed by atoms with Gasteiger partial charge in [-0.1, -0.05) is 18.2 Å². The molecule has 1 aromatic carbocycles. The van der Waals surface area contributed by atoms with E-state index in [1.165, 1.54) is 5.56 Å². The van der Waals surface area contributed by atoms with E-state index < -0.39 is 0 Å². The van der Waals surface area contributed by atoms with E-state index in [4.69, 9.17) is 0 Å². The van der Waals surface area contributed by atoms with Gasteiger partial charge in [-0.2, -0.15) is 10.3 Å². The summed E-state index contributed by atoms with van der Waals surface area (Å²) in [6.45, 7) is 2.64. The van der Waals surface area contributed by atoms with E-state index in [0.717, 1.165) is 22.0 Å². The summed E-state index contributed by atoms with van der Waals surface area (Å²) in [6, 6.07) is 7.60. The lowest BCUT2D eigenvalue weighted by Gasteiger charge is -2.35. The number of aromatic amines is 1. The molecule has 1 atom stereocenters. The van der Waals surface area contributed by atoms with Gasteiger partial charge in [0.1, 0.15) is 0 Å². The van der Waals surface area contributed by atoms with Crippen molar-refractivity contribution in [3.63, 3.8) is 0 Å². The second kappa shape index (κ2) is 6.48. The highest BCUT2D eigenvalue weighted by molar-refractivity contribution is 9.10. The Hall–Kier alpha value is -3.14. The Morgan fingerprint density at radius 1 is 1.36 bits per heavy atom. The summed E-state index contributed by atoms with van der Waals surface area (Å²) in [5, 5.41) is 18.8. The summed E-state index contributed by atoms with van der Waals surface area (Å²) in [4.78, 5) is 19.4. The predicted octanol–water partition coefficient (Wildman–Crippen LogP) is 2.43. The number of fused-ring (bicyclic) bond motifs is 2. The minimum atomic E-state index is -0.143. The number of nitrogens with zero attached hydrogens (tertiary/aromatic N) is 7. The molecule has 0 aliphatic carbocycles. The van der Waals surface area contributed by atoms with E-state index in [2.05, 4.69) is 52.7 Å². The molecule has 0 bridgehead atoms. The Morgan fingerprint density at radius 2 is 2.25 bits per heavy atom. The summed E-state index contributed by atoms with van der Waals surface area (Å²) >= 11 is 3.37. The van der Waals surface area contributed by atoms with Crippen molar-refractivity contribution in [3.05, 3.63) is 58.0 Å². The summed E-state index contributed by atoms with van der Waals surface area (Å²) in [6.07, 6.45) is 4.22. The van der Waals surface area contributed by atoms with Gasteiger partial charge in [0.15, 0.2) is 11.3 Å². The van der Waals surface area contributed by atoms with Crippen LogP contribution in [0.2, 0.25) is 0 Å². The van der Waals surface area contributed by atoms with Crippen LogP contribution >= 0.6 is 15.9 Å². The molecule has 28 heavy (non-hydrogen) atoms. The molecule has 4 heterocycles. The SMILES string of the molecule is CC1c2c(cccc2-c2nn[nH]n2)CCN1C(=O)c1cc2ncc(Br)cn2n1. The molecular formula is C18H15BrN8O. The largest absolute Gasteiger partial charge is 0.330 e. The zero-order valence-corrected chi connectivity index (χ0v) is 16.5. The van der Waals surface area contributed by atoms with Crippen LogP contribution in [-0.4, -0.2) is 52.6 Å². The van der Waals surface area contributed by atoms with Crippen molar-refractivity contribution >= 4 is 27.5 Å². The normalized spacial score (nSPS) is 16.4. The molecular weight excluding hydrogens is 424 g/mol. The standard InChI is InChI=1S/C18H15BrN8O/c1-10-16-11(3-2-4-13(16)17-21-24-25-22-17)5-6-26(10)18(28)14-7-15-20-8-12(19)9-27(15)23-14/h2-4,7-10H,5-6H2,1H3,(H,21,22,24,25). The molecule has 0 spiro atoms. The second-order valence-corrected chi connectivity index (χ2v) is 7.56. The molecule has 9 nitrogen and oxygen atoms in total. The van der Waals surface area contributed by atoms with Crippen LogP contribution in [0.4, 0.5) is 0 Å². The third-order valence-corrected chi connectivity index (χ3v) is 5.46. The minimum Gasteiger partial charge on any atom is -0.330 e. The lowest BCUT2D eigenvalue weighted by molar-refractivity contribution is 0.0672. The van der Waals surface area contributed by atoms with Crippen molar-refractivity contribution in [2.45, 2.75) is 19.4 Å². The molecule has 1 aliphatic rings. The van der Waals surface area contributed by atoms with Crippen molar-refractivity contribution < 1.29 is 4.79 Å². The molecule has 1 aliphatic heterocycles. The summed E-state index contributed by atoms with van der Waals surface area (Å²) in [7, 11) is 0. The summed E-state index contributed by atoms with van der Waals surface area (Å²) in [5.74, 6) is 0.405. The first-order valence-corrected chi connectivity index (χ1v) is 9.58. The first-order chi connectivity index (χ1) is 13.6. The van der Waals surface area contributed by atoms with Gasteiger partial charge >= 0.3 is 0 Å². The van der Waals surface area contributed by atoms with Gasteiger partial charge in [0.25, 0.3) is 5.91 Å². The molecule has 0 saturated carbocycles. The number of carbonyl (C=O) groups is 1. The Morgan fingerprint density at radius 3 is 3.07 bits per heavy atom. The number of aromatic nitrogens is 7. The number of H-pyrrole nitrogens is 1. The fraction of sp³-hybridized carbons (Fsp3) is 0.222. The van der Waals surface area contributed by atoms with Crippen LogP contribution < -0.4 is 0 Å². The number of tetrazole rings is 1. The van der Waals surface area contributed by atoms with Gasteiger partial charge in [0.2, 0.25) is 5.82 Å². The molecule has 0 radical (unpaired) electrons. The van der Waals surface area contributed by atoms with Crippen LogP contribution in [0.3, 0.4) is 0 Å². The van der Waals surface area contributed by atoms with E-state index in [1.54, 1.807) is 23.0 Å². The molecule has 3 aromatic heterocycles. The monoisotopic (exact) mass is 438 g/mol. The van der Waals surface area contributed by atoms with Crippen LogP contribution in [0.1, 0.15) is 34.6 Å². The highest BCUT2D eigenvalue weighted by Gasteiger charge is 2.32. The Bertz CT molecular complexity index is 1190. The van der Waals surface area contributed by atoms with E-state index in [1.807, 2.05) is 24.0 Å². The maximum absolute atomic E-state index is 13.2. The number of hydrogen-bond donors (Lipinski definition) is 1. The minimum absolute atomic E-state index is 0.123. The Labute approximate surface area is 167 Å². The number of halogens is 1. The van der Waals surface area contributed by atoms with E-state index in [9.17, 15) is 4.79 Å². The fourth-order valence-electron chi connectivity index (χ4n) is 3.77. The molecule has 5 rings (SSSR count). The average molecular weight is 439 g/mol. The van der Waals surface area contributed by atoms with Crippen molar-refractivity contribution in [2.24, 2.45) is 0 Å². The third-order valence-electron chi connectivity index (χ3n) is 5.05. The maximum atomic E-state index is 13.2. The van der Waals surface area contributed by atoms with E-state index >= 15 is 0 Å². The van der Waals surface area contributed by atoms with E-state index in [-0.39, 0.29) is 11.9 Å². The zero-order valence-electron chi connectivity index (χ0n) is 14.9. The van der Waals surface area contributed by atoms with Crippen LogP contribution in [0.15, 0.2) is 41.1 Å². The lowest BCUT2D eigenvalue weighted by atomic mass is 9.89. The highest BCUT2D eigenvalue weighted by atomic mass is 79.9. The Kier molecular flexibility index (Phi) is 3.93. The van der Waals surface area contributed by atoms with Crippen LogP contribution in [-0.2, 0) is 6.42 Å². The van der Waals surface area contributed by atoms with Crippen molar-refractivity contribution in [2.75, 3.05) is 6.54 Å². The zero-order chi connectivity index (χ0) is 19.3. The summed E-state index contributed by atoms with van der Waals surface area (Å²) < 4.78 is 2.40. The number of rotatable bonds is 2. The highest BCUT2D eigenvalue weighted by Crippen LogP contribution is 2.36. The van der Waals surface area contributed by atoms with Gasteiger partial charge in [-0.3, -0.25) is 4.79 Å². The van der Waals surface area contributed by atoms with Gasteiger partial charge in [0, 0.05) is 30.6 Å². The van der Waals surface area contributed by atoms with Gasteiger partial charge < -0.3 is 4.90 Å². The molecule has 1 N–H and O–H groups in total. The predicted molar refractivity (Wildman–Crippen MR) is 103 cm³/mol. The quantitative estimate of drug-likeness (QED) is 0.515. The number of hydrogen-bond acceptors (Lipinski definition) is 6. The van der Waals surface area contributed by atoms with Gasteiger partial charge in [-0.15, -0.1) is 10.2 Å². The average Bonchev–Trinajstić information content (AvgIpc) is 3.37. The van der Waals surface area contributed by atoms with E-state index in [0.29, 0.717) is 23.7 Å². The maximum Gasteiger partial charge on any atom is 0.274 e. The summed E-state index contributed by atoms with van der Waals surface area (Å²) in [5.41, 5.74) is 4.13. The lowest BCUT2D eigenvalue weighted by Crippen LogP contribution is -2.39. The van der Waals surface area contributed by atoms with Crippen molar-refractivity contribution in [1.29, 1.82) is 0 Å².